The maximum Gasteiger partial charge on any atom is 0.490 e. The Kier molecular flexibility index (Phi) is 11.0. The zero-order chi connectivity index (χ0) is 28.6. The molecule has 2 aromatic heterocycles. The number of carboxylic acid groups (broad SMARTS) is 2. The summed E-state index contributed by atoms with van der Waals surface area (Å²) in [6.45, 7) is 8.13. The van der Waals surface area contributed by atoms with Crippen molar-refractivity contribution in [3.8, 4) is 0 Å². The molecule has 2 atom stereocenters. The fraction of sp³-hybridized carbons (Fsp3) is 0.545. The van der Waals surface area contributed by atoms with Gasteiger partial charge in [-0.05, 0) is 18.6 Å². The smallest absolute Gasteiger partial charge is 0.475 e. The number of carbonyl (C=O) groups is 2. The summed E-state index contributed by atoms with van der Waals surface area (Å²) in [7, 11) is 0. The molecule has 2 N–H and O–H groups in total. The SMILES string of the molecule is Cc1csc(CN2C[C@@H]3COC[C@]3(COCc3cccnc3)C2)n1.O=C(O)C(F)(F)F.O=C(O)C(F)(F)F. The van der Waals surface area contributed by atoms with E-state index >= 15 is 0 Å². The van der Waals surface area contributed by atoms with Crippen molar-refractivity contribution < 1.29 is 55.6 Å². The highest BCUT2D eigenvalue weighted by Crippen LogP contribution is 2.42. The molecule has 0 aromatic carbocycles. The molecule has 0 radical (unpaired) electrons. The van der Waals surface area contributed by atoms with Gasteiger partial charge in [-0.1, -0.05) is 6.07 Å². The fourth-order valence-electron chi connectivity index (χ4n) is 3.79. The van der Waals surface area contributed by atoms with Crippen LogP contribution in [0.2, 0.25) is 0 Å². The highest BCUT2D eigenvalue weighted by atomic mass is 32.1. The Labute approximate surface area is 217 Å². The van der Waals surface area contributed by atoms with Gasteiger partial charge in [0.2, 0.25) is 0 Å². The van der Waals surface area contributed by atoms with Crippen LogP contribution in [0.3, 0.4) is 0 Å². The second-order valence-electron chi connectivity index (χ2n) is 8.59. The summed E-state index contributed by atoms with van der Waals surface area (Å²) in [5.41, 5.74) is 2.37. The van der Waals surface area contributed by atoms with Crippen molar-refractivity contribution in [3.63, 3.8) is 0 Å². The molecule has 0 amide bonds. The molecule has 0 aliphatic carbocycles. The van der Waals surface area contributed by atoms with Gasteiger partial charge < -0.3 is 19.7 Å². The highest BCUT2D eigenvalue weighted by molar-refractivity contribution is 7.09. The fourth-order valence-corrected chi connectivity index (χ4v) is 4.60. The molecule has 2 saturated heterocycles. The summed E-state index contributed by atoms with van der Waals surface area (Å²) in [5.74, 6) is -4.95. The van der Waals surface area contributed by atoms with Crippen molar-refractivity contribution in [2.75, 3.05) is 32.9 Å². The molecular weight excluding hydrogens is 548 g/mol. The van der Waals surface area contributed by atoms with Crippen molar-refractivity contribution in [1.29, 1.82) is 0 Å². The second-order valence-corrected chi connectivity index (χ2v) is 9.53. The third-order valence-corrected chi connectivity index (χ3v) is 6.43. The predicted octanol–water partition coefficient (Wildman–Crippen LogP) is 3.78. The first-order valence-electron chi connectivity index (χ1n) is 10.9. The molecule has 38 heavy (non-hydrogen) atoms. The van der Waals surface area contributed by atoms with Gasteiger partial charge in [-0.2, -0.15) is 26.3 Å². The summed E-state index contributed by atoms with van der Waals surface area (Å²) in [6.07, 6.45) is -6.51. The lowest BCUT2D eigenvalue weighted by atomic mass is 9.82. The van der Waals surface area contributed by atoms with Crippen LogP contribution >= 0.6 is 11.3 Å². The van der Waals surface area contributed by atoms with Crippen LogP contribution in [0.25, 0.3) is 0 Å². The molecule has 2 aromatic rings. The van der Waals surface area contributed by atoms with Crippen molar-refractivity contribution in [2.24, 2.45) is 11.3 Å². The molecular formula is C22H25F6N3O6S. The molecule has 2 fully saturated rings. The van der Waals surface area contributed by atoms with Gasteiger partial charge in [0.15, 0.2) is 0 Å². The van der Waals surface area contributed by atoms with Crippen molar-refractivity contribution in [1.82, 2.24) is 14.9 Å². The zero-order valence-electron chi connectivity index (χ0n) is 20.0. The van der Waals surface area contributed by atoms with Crippen molar-refractivity contribution in [3.05, 3.63) is 46.2 Å². The van der Waals surface area contributed by atoms with E-state index in [-0.39, 0.29) is 5.41 Å². The van der Waals surface area contributed by atoms with Crippen LogP contribution in [0.4, 0.5) is 26.3 Å². The maximum absolute atomic E-state index is 10.6. The van der Waals surface area contributed by atoms with Gasteiger partial charge in [0.1, 0.15) is 5.01 Å². The number of rotatable bonds is 6. The number of fused-ring (bicyclic) bond motifs is 1. The minimum atomic E-state index is -5.08. The molecule has 0 unspecified atom stereocenters. The number of carboxylic acids is 2. The molecule has 0 saturated carbocycles. The van der Waals surface area contributed by atoms with E-state index in [9.17, 15) is 26.3 Å². The lowest BCUT2D eigenvalue weighted by Gasteiger charge is -2.27. The summed E-state index contributed by atoms with van der Waals surface area (Å²) < 4.78 is 75.3. The Morgan fingerprint density at radius 1 is 1.21 bits per heavy atom. The second kappa shape index (κ2) is 13.3. The van der Waals surface area contributed by atoms with Crippen LogP contribution in [0.5, 0.6) is 0 Å². The van der Waals surface area contributed by atoms with Crippen LogP contribution in [0.1, 0.15) is 16.3 Å². The number of aliphatic carboxylic acids is 2. The first-order valence-corrected chi connectivity index (χ1v) is 11.8. The summed E-state index contributed by atoms with van der Waals surface area (Å²) in [6, 6.07) is 4.00. The van der Waals surface area contributed by atoms with Crippen LogP contribution in [0.15, 0.2) is 29.9 Å². The quantitative estimate of drug-likeness (QED) is 0.498. The van der Waals surface area contributed by atoms with Crippen LogP contribution in [0, 0.1) is 18.3 Å². The first-order chi connectivity index (χ1) is 17.6. The number of hydrogen-bond acceptors (Lipinski definition) is 8. The predicted molar refractivity (Wildman–Crippen MR) is 120 cm³/mol. The topological polar surface area (TPSA) is 122 Å². The molecule has 0 spiro atoms. The molecule has 16 heteroatoms. The molecule has 0 bridgehead atoms. The standard InChI is InChI=1S/C18H23N3O2S.2C2HF3O2/c1-14-10-24-17(20-14)7-21-6-16-9-23-13-18(16,11-21)12-22-8-15-3-2-4-19-5-15;2*3-2(4,5)1(6)7/h2-5,10,16H,6-9,11-13H2,1H3;2*(H,6,7)/t16-,18-;;/m1../s1. The first kappa shape index (κ1) is 31.4. The van der Waals surface area contributed by atoms with E-state index in [4.69, 9.17) is 29.3 Å². The van der Waals surface area contributed by atoms with Crippen LogP contribution in [-0.2, 0) is 32.2 Å². The number of aromatic nitrogens is 2. The maximum atomic E-state index is 10.6. The number of hydrogen-bond donors (Lipinski definition) is 2. The van der Waals surface area contributed by atoms with Gasteiger partial charge in [-0.15, -0.1) is 11.3 Å². The highest BCUT2D eigenvalue weighted by Gasteiger charge is 2.50. The Bertz CT molecular complexity index is 1030. The van der Waals surface area contributed by atoms with Crippen molar-refractivity contribution in [2.45, 2.75) is 32.4 Å². The third kappa shape index (κ3) is 9.81. The molecule has 4 heterocycles. The molecule has 212 valence electrons. The van der Waals surface area contributed by atoms with E-state index in [1.807, 2.05) is 12.3 Å². The average molecular weight is 574 g/mol. The van der Waals surface area contributed by atoms with Gasteiger partial charge in [0, 0.05) is 47.9 Å². The van der Waals surface area contributed by atoms with E-state index in [1.165, 1.54) is 5.01 Å². The monoisotopic (exact) mass is 573 g/mol. The lowest BCUT2D eigenvalue weighted by molar-refractivity contribution is -0.193. The van der Waals surface area contributed by atoms with Gasteiger partial charge in [0.25, 0.3) is 0 Å². The normalized spacial score (nSPS) is 21.1. The van der Waals surface area contributed by atoms with E-state index in [0.29, 0.717) is 12.5 Å². The average Bonchev–Trinajstić information content (AvgIpc) is 3.48. The van der Waals surface area contributed by atoms with E-state index in [1.54, 1.807) is 17.5 Å². The Morgan fingerprint density at radius 2 is 1.84 bits per heavy atom. The minimum absolute atomic E-state index is 0.133. The number of pyridine rings is 1. The Hall–Kier alpha value is -2.82. The molecule has 2 aliphatic rings. The van der Waals surface area contributed by atoms with Gasteiger partial charge in [-0.3, -0.25) is 9.88 Å². The molecule has 2 aliphatic heterocycles. The van der Waals surface area contributed by atoms with Gasteiger partial charge >= 0.3 is 24.3 Å². The molecule has 9 nitrogen and oxygen atoms in total. The number of alkyl halides is 6. The summed E-state index contributed by atoms with van der Waals surface area (Å²) >= 11 is 1.76. The lowest BCUT2D eigenvalue weighted by Crippen LogP contribution is -2.35. The Morgan fingerprint density at radius 3 is 2.34 bits per heavy atom. The number of nitrogens with zero attached hydrogens (tertiary/aromatic N) is 3. The largest absolute Gasteiger partial charge is 0.490 e. The summed E-state index contributed by atoms with van der Waals surface area (Å²) in [4.78, 5) is 29.0. The van der Waals surface area contributed by atoms with E-state index < -0.39 is 24.3 Å². The molecule has 4 rings (SSSR count). The Balaban J connectivity index is 0.000000301. The van der Waals surface area contributed by atoms with Crippen molar-refractivity contribution >= 4 is 23.3 Å². The van der Waals surface area contributed by atoms with Crippen LogP contribution in [-0.4, -0.2) is 82.3 Å². The minimum Gasteiger partial charge on any atom is -0.475 e. The number of ether oxygens (including phenoxy) is 2. The van der Waals surface area contributed by atoms with Crippen LogP contribution < -0.4 is 0 Å². The van der Waals surface area contributed by atoms with Gasteiger partial charge in [-0.25, -0.2) is 14.6 Å². The van der Waals surface area contributed by atoms with E-state index in [0.717, 1.165) is 50.7 Å². The number of aryl methyl sites for hydroxylation is 1. The third-order valence-electron chi connectivity index (χ3n) is 5.48. The number of thiazole rings is 1. The zero-order valence-corrected chi connectivity index (χ0v) is 20.8. The van der Waals surface area contributed by atoms with Gasteiger partial charge in [0.05, 0.1) is 33.0 Å². The number of likely N-dealkylation sites (tertiary alicyclic amines) is 1. The number of halogens is 6. The summed E-state index contributed by atoms with van der Waals surface area (Å²) in [5, 5.41) is 17.6. The van der Waals surface area contributed by atoms with E-state index in [2.05, 4.69) is 33.2 Å².